The summed E-state index contributed by atoms with van der Waals surface area (Å²) in [6.45, 7) is 18.2. The third-order valence-electron chi connectivity index (χ3n) is 6.72. The molecule has 0 nitrogen and oxygen atoms in total. The smallest absolute Gasteiger partial charge is 0.0399 e. The first-order valence-corrected chi connectivity index (χ1v) is 12.9. The molecule has 4 rings (SSSR count). The first-order valence-electron chi connectivity index (χ1n) is 11.3. The van der Waals surface area contributed by atoms with Gasteiger partial charge >= 0.3 is 0 Å². The van der Waals surface area contributed by atoms with Crippen LogP contribution in [0, 0.1) is 13.8 Å². The fourth-order valence-corrected chi connectivity index (χ4v) is 5.75. The van der Waals surface area contributed by atoms with Crippen molar-refractivity contribution in [3.05, 3.63) is 79.7 Å². The van der Waals surface area contributed by atoms with Gasteiger partial charge in [0.15, 0.2) is 0 Å². The lowest BCUT2D eigenvalue weighted by molar-refractivity contribution is 0.591. The Hall–Kier alpha value is -1.64. The Balaban J connectivity index is 2.46. The summed E-state index contributed by atoms with van der Waals surface area (Å²) >= 11 is 8.01. The normalized spacial score (nSPS) is 12.7. The van der Waals surface area contributed by atoms with Crippen LogP contribution in [0.15, 0.2) is 57.5 Å². The van der Waals surface area contributed by atoms with E-state index in [9.17, 15) is 0 Å². The minimum Gasteiger partial charge on any atom is -0.0616 e. The minimum absolute atomic E-state index is 0.0552. The molecule has 0 aliphatic heterocycles. The maximum atomic E-state index is 4.00. The molecule has 166 valence electrons. The highest BCUT2D eigenvalue weighted by Crippen LogP contribution is 2.41. The molecule has 0 aliphatic carbocycles. The average Bonchev–Trinajstić information content (AvgIpc) is 2.71. The van der Waals surface area contributed by atoms with Gasteiger partial charge in [-0.15, -0.1) is 0 Å². The van der Waals surface area contributed by atoms with Gasteiger partial charge in [-0.05, 0) is 123 Å². The second kappa shape index (κ2) is 7.99. The predicted octanol–water partition coefficient (Wildman–Crippen LogP) is 10.4. The molecule has 0 N–H and O–H groups in total. The number of aryl methyl sites for hydroxylation is 2. The summed E-state index contributed by atoms with van der Waals surface area (Å²) in [5.74, 6) is 0. The summed E-state index contributed by atoms with van der Waals surface area (Å²) in [5, 5.41) is 7.72. The molecule has 0 unspecified atom stereocenters. The van der Waals surface area contributed by atoms with Crippen molar-refractivity contribution in [1.29, 1.82) is 0 Å². The zero-order valence-corrected chi connectivity index (χ0v) is 23.5. The largest absolute Gasteiger partial charge is 0.0616 e. The maximum absolute atomic E-state index is 4.00. The number of hydrogen-bond donors (Lipinski definition) is 0. The van der Waals surface area contributed by atoms with Gasteiger partial charge in [-0.25, -0.2) is 0 Å². The average molecular weight is 552 g/mol. The highest BCUT2D eigenvalue weighted by Gasteiger charge is 2.20. The fraction of sp³-hybridized carbons (Fsp3) is 0.333. The van der Waals surface area contributed by atoms with Crippen molar-refractivity contribution < 1.29 is 0 Å². The van der Waals surface area contributed by atoms with Crippen LogP contribution in [0.4, 0.5) is 0 Å². The molecule has 0 aromatic heterocycles. The predicted molar refractivity (Wildman–Crippen MR) is 150 cm³/mol. The van der Waals surface area contributed by atoms with E-state index in [1.54, 1.807) is 0 Å². The van der Waals surface area contributed by atoms with Gasteiger partial charge in [-0.2, -0.15) is 0 Å². The molecular weight excluding hydrogens is 520 g/mol. The quantitative estimate of drug-likeness (QED) is 0.204. The van der Waals surface area contributed by atoms with Crippen molar-refractivity contribution in [3.63, 3.8) is 0 Å². The zero-order valence-electron chi connectivity index (χ0n) is 20.4. The van der Waals surface area contributed by atoms with Crippen LogP contribution < -0.4 is 0 Å². The molecule has 0 spiro atoms. The Kier molecular flexibility index (Phi) is 5.87. The van der Waals surface area contributed by atoms with Gasteiger partial charge < -0.3 is 0 Å². The Labute approximate surface area is 209 Å². The molecule has 0 heterocycles. The van der Waals surface area contributed by atoms with Crippen LogP contribution in [0.2, 0.25) is 0 Å². The Bertz CT molecular complexity index is 1300. The van der Waals surface area contributed by atoms with Gasteiger partial charge in [-0.3, -0.25) is 0 Å². The number of hydrogen-bond acceptors (Lipinski definition) is 0. The lowest BCUT2D eigenvalue weighted by Crippen LogP contribution is -2.11. The van der Waals surface area contributed by atoms with E-state index < -0.39 is 0 Å². The lowest BCUT2D eigenvalue weighted by atomic mass is 9.82. The van der Waals surface area contributed by atoms with Gasteiger partial charge in [0.25, 0.3) is 0 Å². The second-order valence-corrected chi connectivity index (χ2v) is 12.7. The van der Waals surface area contributed by atoms with Crippen molar-refractivity contribution in [2.24, 2.45) is 0 Å². The number of rotatable bonds is 0. The molecule has 4 aromatic rings. The number of halogens is 2. The molecule has 0 fully saturated rings. The SMILES string of the molecule is Cc1c2cc(C(C)(C)C)cc1c1ccccc1c1cc(C(C)(C)C)cc(c(Br)c2Br)c1C. The Morgan fingerprint density at radius 3 is 1.12 bits per heavy atom. The first-order chi connectivity index (χ1) is 14.8. The molecule has 32 heavy (non-hydrogen) atoms. The molecule has 0 saturated carbocycles. The fourth-order valence-electron chi connectivity index (χ4n) is 4.50. The van der Waals surface area contributed by atoms with Crippen LogP contribution in [-0.4, -0.2) is 0 Å². The van der Waals surface area contributed by atoms with Crippen LogP contribution in [0.3, 0.4) is 0 Å². The topological polar surface area (TPSA) is 0 Å². The summed E-state index contributed by atoms with van der Waals surface area (Å²) in [4.78, 5) is 0. The lowest BCUT2D eigenvalue weighted by Gasteiger charge is -2.23. The molecule has 0 saturated heterocycles. The number of benzene rings is 3. The maximum Gasteiger partial charge on any atom is 0.0399 e. The summed E-state index contributed by atoms with van der Waals surface area (Å²) in [5.41, 5.74) is 5.40. The first kappa shape index (κ1) is 23.5. The third kappa shape index (κ3) is 3.94. The van der Waals surface area contributed by atoms with Crippen molar-refractivity contribution in [2.75, 3.05) is 0 Å². The molecular formula is C30H32Br2. The minimum atomic E-state index is 0.0552. The monoisotopic (exact) mass is 550 g/mol. The summed E-state index contributed by atoms with van der Waals surface area (Å²) in [6, 6.07) is 18.4. The summed E-state index contributed by atoms with van der Waals surface area (Å²) in [7, 11) is 0. The van der Waals surface area contributed by atoms with E-state index in [0.29, 0.717) is 0 Å². The van der Waals surface area contributed by atoms with E-state index in [4.69, 9.17) is 0 Å². The van der Waals surface area contributed by atoms with E-state index in [0.717, 1.165) is 8.95 Å². The Morgan fingerprint density at radius 2 is 0.812 bits per heavy atom. The van der Waals surface area contributed by atoms with E-state index in [1.165, 1.54) is 54.6 Å². The molecule has 0 amide bonds. The van der Waals surface area contributed by atoms with Crippen molar-refractivity contribution in [3.8, 4) is 0 Å². The molecule has 4 aromatic carbocycles. The van der Waals surface area contributed by atoms with Gasteiger partial charge in [0, 0.05) is 8.95 Å². The van der Waals surface area contributed by atoms with Gasteiger partial charge in [0.2, 0.25) is 0 Å². The van der Waals surface area contributed by atoms with Crippen LogP contribution in [0.25, 0.3) is 32.3 Å². The summed E-state index contributed by atoms with van der Waals surface area (Å²) in [6.07, 6.45) is 0. The molecule has 2 heteroatoms. The van der Waals surface area contributed by atoms with E-state index in [2.05, 4.69) is 136 Å². The van der Waals surface area contributed by atoms with Crippen LogP contribution >= 0.6 is 31.9 Å². The number of fused-ring (bicyclic) bond motifs is 7. The van der Waals surface area contributed by atoms with Crippen molar-refractivity contribution >= 4 is 64.2 Å². The van der Waals surface area contributed by atoms with Crippen molar-refractivity contribution in [2.45, 2.75) is 66.2 Å². The standard InChI is InChI=1S/C30H32Br2/c1-17-23-13-19(29(3,4)5)15-25(17)27(31)28(32)26-16-20(30(6,7)8)14-24(18(26)2)22-12-10-9-11-21(22)23/h9-16H,1-8H3. The molecule has 0 atom stereocenters. The van der Waals surface area contributed by atoms with Crippen LogP contribution in [0.5, 0.6) is 0 Å². The van der Waals surface area contributed by atoms with Crippen molar-refractivity contribution in [1.82, 2.24) is 0 Å². The third-order valence-corrected chi connectivity index (χ3v) is 8.90. The molecule has 4 bridgehead atoms. The van der Waals surface area contributed by atoms with E-state index >= 15 is 0 Å². The van der Waals surface area contributed by atoms with Gasteiger partial charge in [-0.1, -0.05) is 77.9 Å². The van der Waals surface area contributed by atoms with E-state index in [-0.39, 0.29) is 10.8 Å². The summed E-state index contributed by atoms with van der Waals surface area (Å²) < 4.78 is 2.23. The Morgan fingerprint density at radius 1 is 0.500 bits per heavy atom. The van der Waals surface area contributed by atoms with E-state index in [1.807, 2.05) is 0 Å². The van der Waals surface area contributed by atoms with Gasteiger partial charge in [0.1, 0.15) is 0 Å². The second-order valence-electron chi connectivity index (χ2n) is 11.1. The zero-order chi connectivity index (χ0) is 23.6. The molecule has 0 aliphatic rings. The van der Waals surface area contributed by atoms with Gasteiger partial charge in [0.05, 0.1) is 0 Å². The van der Waals surface area contributed by atoms with Crippen LogP contribution in [-0.2, 0) is 10.8 Å². The highest BCUT2D eigenvalue weighted by molar-refractivity contribution is 9.13. The van der Waals surface area contributed by atoms with Crippen LogP contribution in [0.1, 0.15) is 63.8 Å². The highest BCUT2D eigenvalue weighted by atomic mass is 79.9. The molecule has 0 radical (unpaired) electrons.